The molecule has 2 unspecified atom stereocenters. The Morgan fingerprint density at radius 2 is 1.93 bits per heavy atom. The highest BCUT2D eigenvalue weighted by Crippen LogP contribution is 2.32. The first kappa shape index (κ1) is 18.6. The molecule has 1 amide bonds. The zero-order valence-corrected chi connectivity index (χ0v) is 16.2. The van der Waals surface area contributed by atoms with E-state index in [0.717, 1.165) is 36.0 Å². The summed E-state index contributed by atoms with van der Waals surface area (Å²) in [6, 6.07) is 9.60. The summed E-state index contributed by atoms with van der Waals surface area (Å²) in [6.45, 7) is 6.02. The Kier molecular flexibility index (Phi) is 5.34. The number of hydrogen-bond acceptors (Lipinski definition) is 6. The first-order valence-corrected chi connectivity index (χ1v) is 9.61. The van der Waals surface area contributed by atoms with E-state index in [4.69, 9.17) is 14.2 Å². The molecule has 1 aromatic heterocycles. The number of rotatable bonds is 5. The predicted molar refractivity (Wildman–Crippen MR) is 106 cm³/mol. The zero-order chi connectivity index (χ0) is 19.5. The summed E-state index contributed by atoms with van der Waals surface area (Å²) in [6.07, 6.45) is 3.10. The van der Waals surface area contributed by atoms with Crippen LogP contribution in [0.15, 0.2) is 36.5 Å². The number of nitrogens with zero attached hydrogens (tertiary/aromatic N) is 2. The molecule has 0 radical (unpaired) electrons. The molecule has 0 aliphatic carbocycles. The van der Waals surface area contributed by atoms with Crippen molar-refractivity contribution in [1.82, 2.24) is 4.98 Å². The molecule has 1 N–H and O–H groups in total. The molecular formula is C21H25N3O4. The van der Waals surface area contributed by atoms with Gasteiger partial charge in [-0.15, -0.1) is 0 Å². The second-order valence-electron chi connectivity index (χ2n) is 7.30. The molecule has 2 aliphatic rings. The lowest BCUT2D eigenvalue weighted by atomic mass is 10.1. The highest BCUT2D eigenvalue weighted by atomic mass is 16.7. The fourth-order valence-electron chi connectivity index (χ4n) is 3.59. The summed E-state index contributed by atoms with van der Waals surface area (Å²) in [4.78, 5) is 19.0. The van der Waals surface area contributed by atoms with Gasteiger partial charge in [0.1, 0.15) is 5.82 Å². The molecule has 3 heterocycles. The van der Waals surface area contributed by atoms with Crippen molar-refractivity contribution in [3.05, 3.63) is 42.1 Å². The quantitative estimate of drug-likeness (QED) is 0.856. The number of hydrogen-bond donors (Lipinski definition) is 1. The molecule has 28 heavy (non-hydrogen) atoms. The van der Waals surface area contributed by atoms with Crippen molar-refractivity contribution >= 4 is 17.4 Å². The van der Waals surface area contributed by atoms with E-state index in [-0.39, 0.29) is 24.9 Å². The van der Waals surface area contributed by atoms with Crippen LogP contribution in [0.1, 0.15) is 25.8 Å². The Morgan fingerprint density at radius 3 is 2.68 bits per heavy atom. The third kappa shape index (κ3) is 4.36. The van der Waals surface area contributed by atoms with E-state index in [2.05, 4.69) is 29.0 Å². The van der Waals surface area contributed by atoms with Crippen LogP contribution in [-0.4, -0.2) is 43.0 Å². The van der Waals surface area contributed by atoms with Gasteiger partial charge in [0.15, 0.2) is 11.5 Å². The Morgan fingerprint density at radius 1 is 1.14 bits per heavy atom. The van der Waals surface area contributed by atoms with Gasteiger partial charge in [-0.2, -0.15) is 0 Å². The summed E-state index contributed by atoms with van der Waals surface area (Å²) in [5, 5.41) is 2.91. The van der Waals surface area contributed by atoms with Crippen LogP contribution >= 0.6 is 0 Å². The predicted octanol–water partition coefficient (Wildman–Crippen LogP) is 3.00. The maximum atomic E-state index is 12.3. The van der Waals surface area contributed by atoms with Gasteiger partial charge in [0.2, 0.25) is 12.7 Å². The average Bonchev–Trinajstić information content (AvgIpc) is 3.14. The third-order valence-corrected chi connectivity index (χ3v) is 4.85. The van der Waals surface area contributed by atoms with Gasteiger partial charge in [-0.25, -0.2) is 4.98 Å². The highest BCUT2D eigenvalue weighted by molar-refractivity contribution is 5.90. The molecule has 2 aliphatic heterocycles. The van der Waals surface area contributed by atoms with Crippen LogP contribution in [-0.2, 0) is 16.0 Å². The number of benzene rings is 1. The van der Waals surface area contributed by atoms with Gasteiger partial charge in [-0.1, -0.05) is 6.07 Å². The van der Waals surface area contributed by atoms with Crippen LogP contribution in [0.25, 0.3) is 0 Å². The third-order valence-electron chi connectivity index (χ3n) is 4.85. The van der Waals surface area contributed by atoms with Gasteiger partial charge in [-0.3, -0.25) is 4.79 Å². The first-order valence-electron chi connectivity index (χ1n) is 9.61. The lowest BCUT2D eigenvalue weighted by Gasteiger charge is -2.36. The van der Waals surface area contributed by atoms with Crippen molar-refractivity contribution in [2.75, 3.05) is 30.1 Å². The Labute approximate surface area is 164 Å². The minimum atomic E-state index is -0.0409. The van der Waals surface area contributed by atoms with Gasteiger partial charge < -0.3 is 24.4 Å². The number of anilines is 2. The number of pyridine rings is 1. The normalized spacial score (nSPS) is 20.9. The first-order chi connectivity index (χ1) is 13.6. The van der Waals surface area contributed by atoms with E-state index >= 15 is 0 Å². The number of fused-ring (bicyclic) bond motifs is 1. The monoisotopic (exact) mass is 383 g/mol. The van der Waals surface area contributed by atoms with Crippen molar-refractivity contribution in [3.63, 3.8) is 0 Å². The van der Waals surface area contributed by atoms with E-state index < -0.39 is 0 Å². The van der Waals surface area contributed by atoms with Gasteiger partial charge in [0.25, 0.3) is 0 Å². The molecule has 2 atom stereocenters. The molecule has 7 nitrogen and oxygen atoms in total. The van der Waals surface area contributed by atoms with Crippen molar-refractivity contribution in [1.29, 1.82) is 0 Å². The zero-order valence-electron chi connectivity index (χ0n) is 16.2. The second kappa shape index (κ2) is 8.06. The lowest BCUT2D eigenvalue weighted by molar-refractivity contribution is -0.116. The van der Waals surface area contributed by atoms with E-state index in [1.54, 1.807) is 6.20 Å². The lowest BCUT2D eigenvalue weighted by Crippen LogP contribution is -2.45. The Hall–Kier alpha value is -2.80. The largest absolute Gasteiger partial charge is 0.454 e. The highest BCUT2D eigenvalue weighted by Gasteiger charge is 2.23. The fraction of sp³-hybridized carbons (Fsp3) is 0.429. The Balaban J connectivity index is 1.29. The minimum Gasteiger partial charge on any atom is -0.454 e. The molecule has 4 rings (SSSR count). The molecule has 7 heteroatoms. The molecule has 148 valence electrons. The second-order valence-corrected chi connectivity index (χ2v) is 7.30. The summed E-state index contributed by atoms with van der Waals surface area (Å²) in [7, 11) is 0. The molecule has 1 aromatic carbocycles. The smallest absolute Gasteiger partial charge is 0.231 e. The molecule has 0 spiro atoms. The summed E-state index contributed by atoms with van der Waals surface area (Å²) in [5.74, 6) is 2.36. The molecule has 2 aromatic rings. The standard InChI is InChI=1S/C21H25N3O4/c1-14-11-24(12-15(2)28-14)20-7-5-17(10-22-20)23-21(25)8-4-16-3-6-18-19(9-16)27-13-26-18/h3,5-7,9-10,14-15H,4,8,11-13H2,1-2H3,(H,23,25). The summed E-state index contributed by atoms with van der Waals surface area (Å²) >= 11 is 0. The number of morpholine rings is 1. The van der Waals surface area contributed by atoms with Gasteiger partial charge in [0, 0.05) is 19.5 Å². The summed E-state index contributed by atoms with van der Waals surface area (Å²) < 4.78 is 16.4. The van der Waals surface area contributed by atoms with Crippen LogP contribution in [0.3, 0.4) is 0 Å². The maximum absolute atomic E-state index is 12.3. The Bertz CT molecular complexity index is 830. The molecule has 0 saturated carbocycles. The van der Waals surface area contributed by atoms with Crippen molar-refractivity contribution in [2.45, 2.75) is 38.9 Å². The van der Waals surface area contributed by atoms with E-state index in [1.807, 2.05) is 30.3 Å². The number of ether oxygens (including phenoxy) is 3. The van der Waals surface area contributed by atoms with Crippen molar-refractivity contribution in [2.24, 2.45) is 0 Å². The van der Waals surface area contributed by atoms with Gasteiger partial charge >= 0.3 is 0 Å². The van der Waals surface area contributed by atoms with E-state index in [0.29, 0.717) is 18.5 Å². The minimum absolute atomic E-state index is 0.0409. The number of carbonyl (C=O) groups excluding carboxylic acids is 1. The van der Waals surface area contributed by atoms with Crippen molar-refractivity contribution in [3.8, 4) is 11.5 Å². The SMILES string of the molecule is CC1CN(c2ccc(NC(=O)CCc3ccc4c(c3)OCO4)cn2)CC(C)O1. The number of aromatic nitrogens is 1. The van der Waals surface area contributed by atoms with Crippen LogP contribution in [0.2, 0.25) is 0 Å². The van der Waals surface area contributed by atoms with Crippen LogP contribution in [0.4, 0.5) is 11.5 Å². The maximum Gasteiger partial charge on any atom is 0.231 e. The molecular weight excluding hydrogens is 358 g/mol. The summed E-state index contributed by atoms with van der Waals surface area (Å²) in [5.41, 5.74) is 1.75. The fourth-order valence-corrected chi connectivity index (χ4v) is 3.59. The van der Waals surface area contributed by atoms with Crippen LogP contribution in [0.5, 0.6) is 11.5 Å². The number of aryl methyl sites for hydroxylation is 1. The molecule has 1 saturated heterocycles. The van der Waals surface area contributed by atoms with Crippen molar-refractivity contribution < 1.29 is 19.0 Å². The van der Waals surface area contributed by atoms with Gasteiger partial charge in [-0.05, 0) is 50.1 Å². The number of nitrogens with one attached hydrogen (secondary N) is 1. The van der Waals surface area contributed by atoms with E-state index in [9.17, 15) is 4.79 Å². The molecule has 1 fully saturated rings. The topological polar surface area (TPSA) is 72.9 Å². The van der Waals surface area contributed by atoms with Crippen LogP contribution < -0.4 is 19.7 Å². The molecule has 0 bridgehead atoms. The average molecular weight is 383 g/mol. The number of amides is 1. The van der Waals surface area contributed by atoms with Crippen LogP contribution in [0, 0.1) is 0 Å². The van der Waals surface area contributed by atoms with Gasteiger partial charge in [0.05, 0.1) is 24.1 Å². The van der Waals surface area contributed by atoms with E-state index in [1.165, 1.54) is 0 Å². The number of carbonyl (C=O) groups is 1.